The number of aryl methyl sites for hydroxylation is 2. The van der Waals surface area contributed by atoms with Gasteiger partial charge in [-0.3, -0.25) is 0 Å². The lowest BCUT2D eigenvalue weighted by atomic mass is 10.2. The minimum Gasteiger partial charge on any atom is -0.248 e. The minimum absolute atomic E-state index is 0.759. The van der Waals surface area contributed by atoms with Crippen LogP contribution in [0.1, 0.15) is 22.4 Å². The van der Waals surface area contributed by atoms with Crippen LogP contribution in [0.25, 0.3) is 15.9 Å². The zero-order chi connectivity index (χ0) is 17.7. The normalized spacial score (nSPS) is 13.8. The van der Waals surface area contributed by atoms with E-state index in [-0.39, 0.29) is 0 Å². The highest BCUT2D eigenvalue weighted by molar-refractivity contribution is 7.99. The molecule has 132 valence electrons. The lowest BCUT2D eigenvalue weighted by Gasteiger charge is -2.06. The molecule has 5 rings (SSSR count). The van der Waals surface area contributed by atoms with Crippen LogP contribution in [-0.4, -0.2) is 25.8 Å². The van der Waals surface area contributed by atoms with Gasteiger partial charge in [-0.25, -0.2) is 9.38 Å². The van der Waals surface area contributed by atoms with Gasteiger partial charge in [0, 0.05) is 15.7 Å². The first-order valence-corrected chi connectivity index (χ1v) is 11.8. The van der Waals surface area contributed by atoms with Gasteiger partial charge in [0.15, 0.2) is 16.0 Å². The largest absolute Gasteiger partial charge is 0.248 e. The number of fused-ring (bicyclic) bond motifs is 5. The Kier molecular flexibility index (Phi) is 4.35. The third-order valence-electron chi connectivity index (χ3n) is 4.61. The lowest BCUT2D eigenvalue weighted by Crippen LogP contribution is -1.97. The van der Waals surface area contributed by atoms with E-state index < -0.39 is 0 Å². The summed E-state index contributed by atoms with van der Waals surface area (Å²) in [6.45, 7) is 0. The molecule has 1 aliphatic rings. The molecule has 0 bridgehead atoms. The average molecular weight is 419 g/mol. The van der Waals surface area contributed by atoms with Gasteiger partial charge < -0.3 is 0 Å². The van der Waals surface area contributed by atoms with Crippen molar-refractivity contribution in [3.8, 4) is 0 Å². The molecule has 0 N–H and O–H groups in total. The summed E-state index contributed by atoms with van der Waals surface area (Å²) in [6.07, 6.45) is 5.59. The number of rotatable bonds is 4. The van der Waals surface area contributed by atoms with Crippen molar-refractivity contribution in [1.29, 1.82) is 0 Å². The van der Waals surface area contributed by atoms with Crippen molar-refractivity contribution in [2.45, 2.75) is 35.3 Å². The van der Waals surface area contributed by atoms with Crippen LogP contribution in [0.3, 0.4) is 0 Å². The van der Waals surface area contributed by atoms with E-state index in [1.54, 1.807) is 23.5 Å². The predicted octanol–water partition coefficient (Wildman–Crippen LogP) is 5.50. The maximum Gasteiger partial charge on any atom is 0.198 e. The second-order valence-corrected chi connectivity index (χ2v) is 9.43. The molecule has 4 nitrogen and oxygen atoms in total. The fraction of sp³-hybridized carbons (Fsp3) is 0.278. The number of halogens is 1. The third kappa shape index (κ3) is 2.72. The van der Waals surface area contributed by atoms with Crippen LogP contribution in [-0.2, 0) is 18.6 Å². The molecule has 1 aliphatic carbocycles. The van der Waals surface area contributed by atoms with Crippen LogP contribution in [0.5, 0.6) is 0 Å². The Morgan fingerprint density at radius 1 is 1.15 bits per heavy atom. The Morgan fingerprint density at radius 3 is 2.81 bits per heavy atom. The van der Waals surface area contributed by atoms with Crippen LogP contribution in [0.15, 0.2) is 34.6 Å². The first-order chi connectivity index (χ1) is 12.7. The molecule has 0 unspecified atom stereocenters. The third-order valence-corrected chi connectivity index (χ3v) is 7.69. The molecule has 8 heteroatoms. The number of thioether (sulfide) groups is 2. The molecule has 3 heterocycles. The van der Waals surface area contributed by atoms with Crippen LogP contribution in [0, 0.1) is 0 Å². The molecule has 26 heavy (non-hydrogen) atoms. The summed E-state index contributed by atoms with van der Waals surface area (Å²) in [6, 6.07) is 7.95. The molecule has 0 aliphatic heterocycles. The first kappa shape index (κ1) is 16.9. The molecular formula is C18H15ClN4S3. The van der Waals surface area contributed by atoms with Gasteiger partial charge in [-0.1, -0.05) is 47.3 Å². The summed E-state index contributed by atoms with van der Waals surface area (Å²) in [4.78, 5) is 7.50. The van der Waals surface area contributed by atoms with Crippen LogP contribution >= 0.6 is 46.5 Å². The first-order valence-electron chi connectivity index (χ1n) is 8.35. The topological polar surface area (TPSA) is 43.1 Å². The van der Waals surface area contributed by atoms with Gasteiger partial charge in [-0.05, 0) is 48.8 Å². The highest BCUT2D eigenvalue weighted by Gasteiger charge is 2.24. The molecule has 3 aromatic heterocycles. The van der Waals surface area contributed by atoms with Crippen molar-refractivity contribution in [1.82, 2.24) is 19.6 Å². The highest BCUT2D eigenvalue weighted by Crippen LogP contribution is 2.40. The molecule has 0 atom stereocenters. The number of aromatic nitrogens is 4. The van der Waals surface area contributed by atoms with E-state index in [0.29, 0.717) is 0 Å². The maximum atomic E-state index is 5.98. The molecule has 1 aromatic carbocycles. The second kappa shape index (κ2) is 6.71. The summed E-state index contributed by atoms with van der Waals surface area (Å²) in [5, 5.41) is 12.9. The standard InChI is InChI=1S/C18H15ClN4S3/c1-24-17-20-16-14(12-3-2-4-13(12)26-16)15-21-22-18(23(15)17)25-9-10-5-7-11(19)8-6-10/h5-8H,2-4,9H2,1H3. The maximum absolute atomic E-state index is 5.98. The number of nitrogens with zero attached hydrogens (tertiary/aromatic N) is 4. The Labute approximate surface area is 168 Å². The Hall–Kier alpha value is -1.28. The predicted molar refractivity (Wildman–Crippen MR) is 111 cm³/mol. The Balaban J connectivity index is 1.60. The molecule has 0 radical (unpaired) electrons. The van der Waals surface area contributed by atoms with E-state index in [9.17, 15) is 0 Å². The van der Waals surface area contributed by atoms with Crippen molar-refractivity contribution in [3.05, 3.63) is 45.3 Å². The Morgan fingerprint density at radius 2 is 2.00 bits per heavy atom. The Bertz CT molecular complexity index is 1120. The molecule has 0 saturated heterocycles. The monoisotopic (exact) mass is 418 g/mol. The minimum atomic E-state index is 0.759. The zero-order valence-electron chi connectivity index (χ0n) is 14.0. The van der Waals surface area contributed by atoms with E-state index in [2.05, 4.69) is 33.0 Å². The number of thiophene rings is 1. The van der Waals surface area contributed by atoms with Gasteiger partial charge >= 0.3 is 0 Å². The number of hydrogen-bond donors (Lipinski definition) is 0. The molecule has 0 amide bonds. The summed E-state index contributed by atoms with van der Waals surface area (Å²) in [5.41, 5.74) is 3.61. The SMILES string of the molecule is CSc1nc2sc3c(c2c2nnc(SCc4ccc(Cl)cc4)n12)CCC3. The van der Waals surface area contributed by atoms with Crippen molar-refractivity contribution in [3.63, 3.8) is 0 Å². The van der Waals surface area contributed by atoms with Gasteiger partial charge in [0.25, 0.3) is 0 Å². The van der Waals surface area contributed by atoms with Gasteiger partial charge in [0.1, 0.15) is 4.83 Å². The molecule has 0 saturated carbocycles. The van der Waals surface area contributed by atoms with Crippen LogP contribution in [0.2, 0.25) is 5.02 Å². The molecule has 0 fully saturated rings. The molecule has 0 spiro atoms. The summed E-state index contributed by atoms with van der Waals surface area (Å²) in [5.74, 6) is 0.825. The summed E-state index contributed by atoms with van der Waals surface area (Å²) in [7, 11) is 0. The lowest BCUT2D eigenvalue weighted by molar-refractivity contribution is 0.818. The number of benzene rings is 1. The second-order valence-electron chi connectivity index (χ2n) is 6.19. The smallest absolute Gasteiger partial charge is 0.198 e. The summed E-state index contributed by atoms with van der Waals surface area (Å²) >= 11 is 11.1. The van der Waals surface area contributed by atoms with Gasteiger partial charge in [0.2, 0.25) is 0 Å². The zero-order valence-corrected chi connectivity index (χ0v) is 17.2. The van der Waals surface area contributed by atoms with Crippen LogP contribution in [0.4, 0.5) is 0 Å². The van der Waals surface area contributed by atoms with Gasteiger partial charge in [-0.2, -0.15) is 0 Å². The fourth-order valence-electron chi connectivity index (χ4n) is 3.40. The quantitative estimate of drug-likeness (QED) is 0.323. The average Bonchev–Trinajstić information content (AvgIpc) is 3.34. The van der Waals surface area contributed by atoms with E-state index in [0.717, 1.165) is 38.0 Å². The van der Waals surface area contributed by atoms with Crippen LogP contribution < -0.4 is 0 Å². The van der Waals surface area contributed by atoms with Gasteiger partial charge in [-0.15, -0.1) is 21.5 Å². The van der Waals surface area contributed by atoms with E-state index in [4.69, 9.17) is 16.6 Å². The molecular weight excluding hydrogens is 404 g/mol. The van der Waals surface area contributed by atoms with Crippen molar-refractivity contribution >= 4 is 62.3 Å². The van der Waals surface area contributed by atoms with E-state index in [1.165, 1.54) is 34.2 Å². The highest BCUT2D eigenvalue weighted by atomic mass is 35.5. The van der Waals surface area contributed by atoms with E-state index in [1.807, 2.05) is 23.5 Å². The van der Waals surface area contributed by atoms with Crippen molar-refractivity contribution in [2.75, 3.05) is 6.26 Å². The van der Waals surface area contributed by atoms with Crippen molar-refractivity contribution in [2.24, 2.45) is 0 Å². The van der Waals surface area contributed by atoms with Gasteiger partial charge in [0.05, 0.1) is 5.39 Å². The van der Waals surface area contributed by atoms with E-state index >= 15 is 0 Å². The fourth-order valence-corrected chi connectivity index (χ4v) is 6.32. The number of hydrogen-bond acceptors (Lipinski definition) is 6. The summed E-state index contributed by atoms with van der Waals surface area (Å²) < 4.78 is 2.12. The molecule has 4 aromatic rings. The van der Waals surface area contributed by atoms with Crippen molar-refractivity contribution < 1.29 is 0 Å².